The van der Waals surface area contributed by atoms with Gasteiger partial charge in [-0.2, -0.15) is 13.2 Å². The van der Waals surface area contributed by atoms with E-state index in [1.54, 1.807) is 6.08 Å². The van der Waals surface area contributed by atoms with Crippen molar-refractivity contribution in [3.8, 4) is 0 Å². The molecule has 1 aliphatic rings. The molecular formula is C10H8F4NOS. The Morgan fingerprint density at radius 2 is 2.29 bits per heavy atom. The number of hydrogen-bond donors (Lipinski definition) is 0. The molecule has 2 nitrogen and oxygen atoms in total. The zero-order valence-corrected chi connectivity index (χ0v) is 9.53. The summed E-state index contributed by atoms with van der Waals surface area (Å²) in [7, 11) is 0. The molecule has 0 aromatic carbocycles. The Hall–Kier alpha value is -0.980. The Labute approximate surface area is 99.0 Å². The highest BCUT2D eigenvalue weighted by molar-refractivity contribution is 8.02. The van der Waals surface area contributed by atoms with Crippen LogP contribution in [0, 0.1) is 5.41 Å². The van der Waals surface area contributed by atoms with Gasteiger partial charge in [0.15, 0.2) is 0 Å². The average Bonchev–Trinajstić information content (AvgIpc) is 2.86. The molecule has 2 atom stereocenters. The van der Waals surface area contributed by atoms with E-state index in [0.29, 0.717) is 0 Å². The first-order chi connectivity index (χ1) is 7.86. The summed E-state index contributed by atoms with van der Waals surface area (Å²) in [6.07, 6.45) is -4.13. The Morgan fingerprint density at radius 1 is 1.59 bits per heavy atom. The number of alkyl halides is 4. The van der Waals surface area contributed by atoms with Crippen LogP contribution in [0.2, 0.25) is 0 Å². The maximum Gasteiger partial charge on any atom is 0.452 e. The van der Waals surface area contributed by atoms with E-state index >= 15 is 0 Å². The third-order valence-electron chi connectivity index (χ3n) is 2.60. The van der Waals surface area contributed by atoms with Crippen molar-refractivity contribution in [1.82, 2.24) is 5.16 Å². The van der Waals surface area contributed by atoms with Crippen molar-refractivity contribution in [3.05, 3.63) is 29.0 Å². The van der Waals surface area contributed by atoms with Crippen molar-refractivity contribution >= 4 is 11.8 Å². The van der Waals surface area contributed by atoms with Gasteiger partial charge < -0.3 is 4.52 Å². The Kier molecular flexibility index (Phi) is 2.97. The molecule has 0 aliphatic carbocycles. The monoisotopic (exact) mass is 266 g/mol. The summed E-state index contributed by atoms with van der Waals surface area (Å²) in [5.41, 5.74) is -0.0360. The average molecular weight is 266 g/mol. The largest absolute Gasteiger partial charge is 0.452 e. The Bertz CT molecular complexity index is 430. The summed E-state index contributed by atoms with van der Waals surface area (Å²) in [6, 6.07) is 0.754. The summed E-state index contributed by atoms with van der Waals surface area (Å²) in [6.45, 7) is 1.29. The molecule has 0 bridgehead atoms. The van der Waals surface area contributed by atoms with Gasteiger partial charge in [0, 0.05) is 11.5 Å². The number of thioether (sulfide) groups is 1. The maximum atomic E-state index is 13.6. The normalized spacial score (nSPS) is 26.4. The van der Waals surface area contributed by atoms with Crippen LogP contribution in [-0.2, 0) is 10.9 Å². The molecule has 7 heteroatoms. The third kappa shape index (κ3) is 2.08. The highest BCUT2D eigenvalue weighted by Crippen LogP contribution is 2.49. The van der Waals surface area contributed by atoms with Gasteiger partial charge >= 0.3 is 6.18 Å². The molecule has 1 aromatic rings. The minimum atomic E-state index is -4.60. The van der Waals surface area contributed by atoms with Gasteiger partial charge in [0.1, 0.15) is 16.6 Å². The van der Waals surface area contributed by atoms with E-state index in [4.69, 9.17) is 0 Å². The molecule has 0 fully saturated rings. The van der Waals surface area contributed by atoms with E-state index in [1.807, 2.05) is 0 Å². The quantitative estimate of drug-likeness (QED) is 0.763. The summed E-state index contributed by atoms with van der Waals surface area (Å²) >= 11 is 1.00. The van der Waals surface area contributed by atoms with E-state index < -0.39 is 22.9 Å². The van der Waals surface area contributed by atoms with E-state index in [2.05, 4.69) is 15.1 Å². The molecule has 2 unspecified atom stereocenters. The number of hydrogen-bond acceptors (Lipinski definition) is 3. The second-order valence-electron chi connectivity index (χ2n) is 3.71. The van der Waals surface area contributed by atoms with Crippen LogP contribution in [0.5, 0.6) is 0 Å². The predicted octanol–water partition coefficient (Wildman–Crippen LogP) is 3.70. The van der Waals surface area contributed by atoms with Crippen LogP contribution >= 0.6 is 11.8 Å². The molecule has 0 amide bonds. The first kappa shape index (κ1) is 12.5. The van der Waals surface area contributed by atoms with E-state index in [1.165, 1.54) is 6.92 Å². The molecule has 0 spiro atoms. The van der Waals surface area contributed by atoms with Crippen molar-refractivity contribution in [2.24, 2.45) is 0 Å². The van der Waals surface area contributed by atoms with Crippen LogP contribution in [0.3, 0.4) is 0 Å². The second kappa shape index (κ2) is 4.04. The minimum absolute atomic E-state index is 0.0360. The zero-order chi connectivity index (χ0) is 12.7. The molecule has 0 N–H and O–H groups in total. The van der Waals surface area contributed by atoms with E-state index in [-0.39, 0.29) is 12.1 Å². The molecule has 17 heavy (non-hydrogen) atoms. The number of nitrogens with zero attached hydrogens (tertiary/aromatic N) is 1. The van der Waals surface area contributed by atoms with Gasteiger partial charge in [0.25, 0.3) is 0 Å². The topological polar surface area (TPSA) is 26.0 Å². The summed E-state index contributed by atoms with van der Waals surface area (Å²) in [4.78, 5) is 0. The van der Waals surface area contributed by atoms with Crippen LogP contribution in [0.1, 0.15) is 24.8 Å². The molecular weight excluding hydrogens is 258 g/mol. The lowest BCUT2D eigenvalue weighted by atomic mass is 9.95. The van der Waals surface area contributed by atoms with Crippen LogP contribution in [0.25, 0.3) is 0 Å². The maximum absolute atomic E-state index is 13.6. The van der Waals surface area contributed by atoms with Gasteiger partial charge in [-0.15, -0.1) is 11.8 Å². The highest BCUT2D eigenvalue weighted by Gasteiger charge is 2.45. The fourth-order valence-electron chi connectivity index (χ4n) is 1.59. The van der Waals surface area contributed by atoms with Crippen molar-refractivity contribution in [2.45, 2.75) is 30.4 Å². The summed E-state index contributed by atoms with van der Waals surface area (Å²) in [5.74, 6) is -1.21. The second-order valence-corrected chi connectivity index (χ2v) is 4.88. The predicted molar refractivity (Wildman–Crippen MR) is 53.8 cm³/mol. The van der Waals surface area contributed by atoms with E-state index in [0.717, 1.165) is 17.8 Å². The molecule has 2 rings (SSSR count). The van der Waals surface area contributed by atoms with Gasteiger partial charge in [0.05, 0.1) is 0 Å². The van der Waals surface area contributed by atoms with Crippen LogP contribution < -0.4 is 0 Å². The van der Waals surface area contributed by atoms with Crippen molar-refractivity contribution in [2.75, 3.05) is 0 Å². The SMILES string of the molecule is CC(F)C1(c2cc(C(F)(F)F)on2)CC=[C]S1. The number of halogens is 4. The fraction of sp³-hybridized carbons (Fsp3) is 0.500. The van der Waals surface area contributed by atoms with Crippen LogP contribution in [0.15, 0.2) is 16.7 Å². The summed E-state index contributed by atoms with van der Waals surface area (Å²) in [5, 5.41) is 6.07. The Morgan fingerprint density at radius 3 is 2.71 bits per heavy atom. The lowest BCUT2D eigenvalue weighted by molar-refractivity contribution is -0.155. The van der Waals surface area contributed by atoms with Gasteiger partial charge in [0.2, 0.25) is 5.76 Å². The van der Waals surface area contributed by atoms with Crippen molar-refractivity contribution < 1.29 is 22.1 Å². The Balaban J connectivity index is 2.36. The standard InChI is InChI=1S/C10H8F4NOS/c1-6(11)9(3-2-4-17-9)7-5-8(16-15-7)10(12,13)14/h2,5-6H,3H2,1H3. The highest BCUT2D eigenvalue weighted by atomic mass is 32.2. The van der Waals surface area contributed by atoms with Crippen LogP contribution in [-0.4, -0.2) is 11.3 Å². The first-order valence-electron chi connectivity index (χ1n) is 4.80. The van der Waals surface area contributed by atoms with Gasteiger partial charge in [-0.1, -0.05) is 11.2 Å². The van der Waals surface area contributed by atoms with Crippen molar-refractivity contribution in [3.63, 3.8) is 0 Å². The first-order valence-corrected chi connectivity index (χ1v) is 5.61. The molecule has 1 aliphatic heterocycles. The minimum Gasteiger partial charge on any atom is -0.351 e. The fourth-order valence-corrected chi connectivity index (χ4v) is 2.50. The number of allylic oxidation sites excluding steroid dienone is 1. The lowest BCUT2D eigenvalue weighted by Crippen LogP contribution is -2.29. The summed E-state index contributed by atoms with van der Waals surface area (Å²) < 4.78 is 53.8. The van der Waals surface area contributed by atoms with Crippen molar-refractivity contribution in [1.29, 1.82) is 0 Å². The molecule has 1 radical (unpaired) electrons. The van der Waals surface area contributed by atoms with Gasteiger partial charge in [-0.05, 0) is 13.3 Å². The zero-order valence-electron chi connectivity index (χ0n) is 8.71. The van der Waals surface area contributed by atoms with Gasteiger partial charge in [-0.3, -0.25) is 0 Å². The third-order valence-corrected chi connectivity index (χ3v) is 3.94. The lowest BCUT2D eigenvalue weighted by Gasteiger charge is -2.26. The van der Waals surface area contributed by atoms with E-state index in [9.17, 15) is 17.6 Å². The smallest absolute Gasteiger partial charge is 0.351 e. The molecule has 1 aromatic heterocycles. The number of aromatic nitrogens is 1. The molecule has 0 saturated carbocycles. The van der Waals surface area contributed by atoms with Crippen LogP contribution in [0.4, 0.5) is 17.6 Å². The number of rotatable bonds is 2. The molecule has 93 valence electrons. The molecule has 2 heterocycles. The molecule has 0 saturated heterocycles. The van der Waals surface area contributed by atoms with Gasteiger partial charge in [-0.25, -0.2) is 4.39 Å².